The van der Waals surface area contributed by atoms with Crippen molar-refractivity contribution in [2.75, 3.05) is 4.90 Å². The van der Waals surface area contributed by atoms with Crippen LogP contribution < -0.4 is 15.0 Å². The third-order valence-corrected chi connectivity index (χ3v) is 4.87. The molecule has 0 radical (unpaired) electrons. The van der Waals surface area contributed by atoms with Gasteiger partial charge in [0, 0.05) is 10.0 Å². The second-order valence-electron chi connectivity index (χ2n) is 6.52. The molecular formula is C21H17BrN2O6. The lowest BCUT2D eigenvalue weighted by atomic mass is 10.0. The van der Waals surface area contributed by atoms with Crippen LogP contribution in [0.3, 0.4) is 0 Å². The van der Waals surface area contributed by atoms with Crippen LogP contribution in [0.5, 0.6) is 5.75 Å². The first-order valence-corrected chi connectivity index (χ1v) is 9.64. The quantitative estimate of drug-likeness (QED) is 0.509. The van der Waals surface area contributed by atoms with Gasteiger partial charge in [0.1, 0.15) is 11.3 Å². The number of anilines is 1. The number of ether oxygens (including phenoxy) is 1. The van der Waals surface area contributed by atoms with Crippen molar-refractivity contribution in [2.45, 2.75) is 20.0 Å². The fourth-order valence-electron chi connectivity index (χ4n) is 2.85. The van der Waals surface area contributed by atoms with Gasteiger partial charge >= 0.3 is 12.0 Å². The van der Waals surface area contributed by atoms with Gasteiger partial charge in [0.2, 0.25) is 0 Å². The zero-order valence-corrected chi connectivity index (χ0v) is 17.6. The molecule has 4 amide bonds. The maximum absolute atomic E-state index is 13.1. The predicted molar refractivity (Wildman–Crippen MR) is 112 cm³/mol. The highest BCUT2D eigenvalue weighted by atomic mass is 79.9. The van der Waals surface area contributed by atoms with Crippen LogP contribution in [0.15, 0.2) is 52.5 Å². The SMILES string of the molecule is Cc1cc(Br)ccc1N1C(=O)NC(=O)/C(=C\c2ccccc2O[C@H](C)C(=O)O)C1=O. The second kappa shape index (κ2) is 8.50. The summed E-state index contributed by atoms with van der Waals surface area (Å²) < 4.78 is 6.19. The lowest BCUT2D eigenvalue weighted by Gasteiger charge is -2.27. The maximum Gasteiger partial charge on any atom is 0.344 e. The predicted octanol–water partition coefficient (Wildman–Crippen LogP) is 3.28. The van der Waals surface area contributed by atoms with Crippen LogP contribution in [-0.2, 0) is 14.4 Å². The van der Waals surface area contributed by atoms with Gasteiger partial charge in [-0.15, -0.1) is 0 Å². The Morgan fingerprint density at radius 2 is 1.90 bits per heavy atom. The molecule has 1 saturated heterocycles. The number of halogens is 1. The number of benzene rings is 2. The summed E-state index contributed by atoms with van der Waals surface area (Å²) in [6, 6.07) is 10.5. The lowest BCUT2D eigenvalue weighted by Crippen LogP contribution is -2.54. The summed E-state index contributed by atoms with van der Waals surface area (Å²) in [6.07, 6.45) is 0.138. The van der Waals surface area contributed by atoms with E-state index >= 15 is 0 Å². The minimum atomic E-state index is -1.16. The van der Waals surface area contributed by atoms with Crippen LogP contribution in [0.2, 0.25) is 0 Å². The number of carbonyl (C=O) groups is 4. The average Bonchev–Trinajstić information content (AvgIpc) is 2.67. The van der Waals surface area contributed by atoms with E-state index in [4.69, 9.17) is 9.84 Å². The molecule has 0 spiro atoms. The van der Waals surface area contributed by atoms with Gasteiger partial charge in [0.25, 0.3) is 11.8 Å². The number of urea groups is 1. The molecule has 0 saturated carbocycles. The number of carboxylic acid groups (broad SMARTS) is 1. The van der Waals surface area contributed by atoms with Crippen LogP contribution >= 0.6 is 15.9 Å². The Morgan fingerprint density at radius 1 is 1.20 bits per heavy atom. The molecule has 1 atom stereocenters. The third kappa shape index (κ3) is 4.25. The van der Waals surface area contributed by atoms with Gasteiger partial charge < -0.3 is 9.84 Å². The van der Waals surface area contributed by atoms with Gasteiger partial charge in [-0.3, -0.25) is 14.9 Å². The topological polar surface area (TPSA) is 113 Å². The molecule has 2 N–H and O–H groups in total. The molecule has 30 heavy (non-hydrogen) atoms. The lowest BCUT2D eigenvalue weighted by molar-refractivity contribution is -0.144. The molecule has 0 aliphatic carbocycles. The molecule has 0 aromatic heterocycles. The first kappa shape index (κ1) is 21.3. The number of hydrogen-bond donors (Lipinski definition) is 2. The summed E-state index contributed by atoms with van der Waals surface area (Å²) >= 11 is 3.33. The van der Waals surface area contributed by atoms with E-state index < -0.39 is 29.9 Å². The fourth-order valence-corrected chi connectivity index (χ4v) is 3.33. The van der Waals surface area contributed by atoms with E-state index in [9.17, 15) is 19.2 Å². The third-order valence-electron chi connectivity index (χ3n) is 4.37. The zero-order valence-electron chi connectivity index (χ0n) is 16.0. The van der Waals surface area contributed by atoms with E-state index in [1.54, 1.807) is 43.3 Å². The number of aliphatic carboxylic acids is 1. The number of aryl methyl sites for hydroxylation is 1. The van der Waals surface area contributed by atoms with Crippen molar-refractivity contribution in [3.05, 3.63) is 63.6 Å². The number of amides is 4. The maximum atomic E-state index is 13.1. The van der Waals surface area contributed by atoms with Gasteiger partial charge in [-0.05, 0) is 49.8 Å². The summed E-state index contributed by atoms with van der Waals surface area (Å²) in [5, 5.41) is 11.2. The minimum absolute atomic E-state index is 0.184. The molecular weight excluding hydrogens is 456 g/mol. The monoisotopic (exact) mass is 472 g/mol. The number of nitrogens with one attached hydrogen (secondary N) is 1. The van der Waals surface area contributed by atoms with E-state index in [1.165, 1.54) is 19.1 Å². The Labute approximate surface area is 180 Å². The average molecular weight is 473 g/mol. The highest BCUT2D eigenvalue weighted by Gasteiger charge is 2.37. The van der Waals surface area contributed by atoms with Crippen molar-refractivity contribution < 1.29 is 29.0 Å². The van der Waals surface area contributed by atoms with Crippen molar-refractivity contribution >= 4 is 51.5 Å². The molecule has 9 heteroatoms. The standard InChI is InChI=1S/C21H17BrN2O6/c1-11-9-14(22)7-8-16(11)24-19(26)15(18(25)23-21(24)29)10-13-5-3-4-6-17(13)30-12(2)20(27)28/h3-10,12H,1-2H3,(H,27,28)(H,23,25,29)/b15-10+/t12-/m1/s1. The molecule has 0 unspecified atom stereocenters. The van der Waals surface area contributed by atoms with E-state index in [0.717, 1.165) is 9.37 Å². The smallest absolute Gasteiger partial charge is 0.344 e. The number of rotatable bonds is 5. The molecule has 1 fully saturated rings. The largest absolute Gasteiger partial charge is 0.479 e. The molecule has 1 aliphatic rings. The highest BCUT2D eigenvalue weighted by Crippen LogP contribution is 2.29. The number of hydrogen-bond acceptors (Lipinski definition) is 5. The normalized spacial score (nSPS) is 16.4. The Morgan fingerprint density at radius 3 is 2.57 bits per heavy atom. The summed E-state index contributed by atoms with van der Waals surface area (Å²) in [7, 11) is 0. The van der Waals surface area contributed by atoms with Crippen LogP contribution in [0, 0.1) is 6.92 Å². The Kier molecular flexibility index (Phi) is 6.02. The van der Waals surface area contributed by atoms with Crippen molar-refractivity contribution in [2.24, 2.45) is 0 Å². The van der Waals surface area contributed by atoms with Crippen molar-refractivity contribution in [3.63, 3.8) is 0 Å². The first-order chi connectivity index (χ1) is 14.2. The molecule has 1 heterocycles. The summed E-state index contributed by atoms with van der Waals surface area (Å²) in [5.74, 6) is -2.62. The molecule has 1 aliphatic heterocycles. The van der Waals surface area contributed by atoms with Crippen molar-refractivity contribution in [3.8, 4) is 5.75 Å². The van der Waals surface area contributed by atoms with Gasteiger partial charge in [-0.25, -0.2) is 14.5 Å². The number of carbonyl (C=O) groups excluding carboxylic acids is 3. The Hall–Kier alpha value is -3.46. The molecule has 2 aromatic rings. The summed E-state index contributed by atoms with van der Waals surface area (Å²) in [6.45, 7) is 3.10. The summed E-state index contributed by atoms with van der Waals surface area (Å²) in [4.78, 5) is 49.8. The zero-order chi connectivity index (χ0) is 22.0. The van der Waals surface area contributed by atoms with E-state index in [0.29, 0.717) is 16.8 Å². The number of barbiturate groups is 1. The van der Waals surface area contributed by atoms with Crippen molar-refractivity contribution in [1.82, 2.24) is 5.32 Å². The van der Waals surface area contributed by atoms with Gasteiger partial charge in [-0.1, -0.05) is 34.1 Å². The fraction of sp³-hybridized carbons (Fsp3) is 0.143. The molecule has 2 aromatic carbocycles. The number of para-hydroxylation sites is 1. The van der Waals surface area contributed by atoms with E-state index in [1.807, 2.05) is 0 Å². The first-order valence-electron chi connectivity index (χ1n) is 8.85. The molecule has 8 nitrogen and oxygen atoms in total. The van der Waals surface area contributed by atoms with Crippen LogP contribution in [-0.4, -0.2) is 35.0 Å². The van der Waals surface area contributed by atoms with Gasteiger partial charge in [-0.2, -0.15) is 0 Å². The Bertz CT molecular complexity index is 1090. The summed E-state index contributed by atoms with van der Waals surface area (Å²) in [5.41, 5.74) is 1.03. The van der Waals surface area contributed by atoms with Crippen LogP contribution in [0.1, 0.15) is 18.1 Å². The highest BCUT2D eigenvalue weighted by molar-refractivity contribution is 9.10. The second-order valence-corrected chi connectivity index (χ2v) is 7.44. The molecule has 0 bridgehead atoms. The minimum Gasteiger partial charge on any atom is -0.479 e. The number of nitrogens with zero attached hydrogens (tertiary/aromatic N) is 1. The molecule has 154 valence electrons. The Balaban J connectivity index is 2.03. The van der Waals surface area contributed by atoms with E-state index in [-0.39, 0.29) is 11.3 Å². The number of imide groups is 2. The van der Waals surface area contributed by atoms with E-state index in [2.05, 4.69) is 21.2 Å². The van der Waals surface area contributed by atoms with Crippen molar-refractivity contribution in [1.29, 1.82) is 0 Å². The van der Waals surface area contributed by atoms with Crippen LogP contribution in [0.4, 0.5) is 10.5 Å². The van der Waals surface area contributed by atoms with Crippen LogP contribution in [0.25, 0.3) is 6.08 Å². The number of carboxylic acids is 1. The molecule has 3 rings (SSSR count). The van der Waals surface area contributed by atoms with Gasteiger partial charge in [0.05, 0.1) is 5.69 Å². The van der Waals surface area contributed by atoms with Gasteiger partial charge in [0.15, 0.2) is 6.10 Å².